The van der Waals surface area contributed by atoms with Crippen LogP contribution >= 0.6 is 0 Å². The van der Waals surface area contributed by atoms with Crippen LogP contribution < -0.4 is 0 Å². The Morgan fingerprint density at radius 2 is 2.00 bits per heavy atom. The van der Waals surface area contributed by atoms with Gasteiger partial charge in [0, 0.05) is 19.2 Å². The maximum atomic E-state index is 13.1. The lowest BCUT2D eigenvalue weighted by Crippen LogP contribution is -2.38. The van der Waals surface area contributed by atoms with E-state index in [4.69, 9.17) is 4.74 Å². The fraction of sp³-hybridized carbons (Fsp3) is 0.462. The molecular weight excluding hydrogens is 275 g/mol. The highest BCUT2D eigenvalue weighted by Gasteiger charge is 2.35. The topological polar surface area (TPSA) is 49.8 Å². The van der Waals surface area contributed by atoms with Crippen LogP contribution in [0.3, 0.4) is 0 Å². The molecule has 20 heavy (non-hydrogen) atoms. The van der Waals surface area contributed by atoms with Gasteiger partial charge in [-0.15, -0.1) is 0 Å². The van der Waals surface area contributed by atoms with Gasteiger partial charge in [-0.1, -0.05) is 0 Å². The molecule has 1 aromatic carbocycles. The Morgan fingerprint density at radius 3 is 2.50 bits per heavy atom. The fourth-order valence-electron chi connectivity index (χ4n) is 2.31. The van der Waals surface area contributed by atoms with Crippen molar-refractivity contribution in [3.8, 4) is 0 Å². The second-order valence-corrected chi connectivity index (χ2v) is 4.64. The molecule has 0 unspecified atom stereocenters. The van der Waals surface area contributed by atoms with E-state index in [-0.39, 0.29) is 24.8 Å². The number of aliphatic hydroxyl groups is 1. The van der Waals surface area contributed by atoms with Crippen molar-refractivity contribution in [3.63, 3.8) is 0 Å². The first-order chi connectivity index (χ1) is 9.47. The second kappa shape index (κ2) is 5.80. The molecule has 1 fully saturated rings. The SMILES string of the molecule is CO[C@H]1C[C@@H](CO)N(C(=O)c2cc(F)c(F)c(F)c2)C1. The number of hydrogen-bond donors (Lipinski definition) is 1. The number of carbonyl (C=O) groups excluding carboxylic acids is 1. The number of likely N-dealkylation sites (tertiary alicyclic amines) is 1. The number of halogens is 3. The molecule has 1 N–H and O–H groups in total. The van der Waals surface area contributed by atoms with Gasteiger partial charge in [0.1, 0.15) is 0 Å². The molecule has 1 aromatic rings. The van der Waals surface area contributed by atoms with E-state index in [2.05, 4.69) is 0 Å². The van der Waals surface area contributed by atoms with Gasteiger partial charge >= 0.3 is 0 Å². The summed E-state index contributed by atoms with van der Waals surface area (Å²) in [5.41, 5.74) is -0.295. The van der Waals surface area contributed by atoms with Gasteiger partial charge < -0.3 is 14.7 Å². The summed E-state index contributed by atoms with van der Waals surface area (Å²) in [6.45, 7) is -0.0705. The van der Waals surface area contributed by atoms with E-state index in [1.807, 2.05) is 0 Å². The molecule has 0 bridgehead atoms. The average Bonchev–Trinajstić information content (AvgIpc) is 2.86. The van der Waals surface area contributed by atoms with Crippen molar-refractivity contribution in [3.05, 3.63) is 35.1 Å². The van der Waals surface area contributed by atoms with Crippen molar-refractivity contribution in [2.75, 3.05) is 20.3 Å². The molecule has 0 radical (unpaired) electrons. The first kappa shape index (κ1) is 14.8. The second-order valence-electron chi connectivity index (χ2n) is 4.64. The van der Waals surface area contributed by atoms with Gasteiger partial charge in [-0.05, 0) is 18.6 Å². The lowest BCUT2D eigenvalue weighted by molar-refractivity contribution is 0.0646. The summed E-state index contributed by atoms with van der Waals surface area (Å²) in [6, 6.07) is 0.813. The predicted molar refractivity (Wildman–Crippen MR) is 63.6 cm³/mol. The standard InChI is InChI=1S/C13H14F3NO3/c1-20-9-4-8(6-18)17(5-9)13(19)7-2-10(14)12(16)11(15)3-7/h2-3,8-9,18H,4-6H2,1H3/t8-,9-/m0/s1. The number of amides is 1. The van der Waals surface area contributed by atoms with Crippen molar-refractivity contribution in [2.45, 2.75) is 18.6 Å². The molecule has 0 aliphatic carbocycles. The molecule has 1 aliphatic heterocycles. The quantitative estimate of drug-likeness (QED) is 0.854. The fourth-order valence-corrected chi connectivity index (χ4v) is 2.31. The molecule has 2 rings (SSSR count). The monoisotopic (exact) mass is 289 g/mol. The Balaban J connectivity index is 2.27. The van der Waals surface area contributed by atoms with Crippen LogP contribution in [-0.4, -0.2) is 48.3 Å². The predicted octanol–water partition coefficient (Wildman–Crippen LogP) is 1.33. The normalized spacial score (nSPS) is 22.4. The van der Waals surface area contributed by atoms with Crippen molar-refractivity contribution in [1.82, 2.24) is 4.90 Å². The van der Waals surface area contributed by atoms with E-state index in [0.29, 0.717) is 18.6 Å². The summed E-state index contributed by atoms with van der Waals surface area (Å²) in [7, 11) is 1.48. The molecule has 4 nitrogen and oxygen atoms in total. The molecular formula is C13H14F3NO3. The van der Waals surface area contributed by atoms with Crippen molar-refractivity contribution in [2.24, 2.45) is 0 Å². The van der Waals surface area contributed by atoms with Gasteiger partial charge in [-0.25, -0.2) is 13.2 Å². The largest absolute Gasteiger partial charge is 0.394 e. The molecule has 1 saturated heterocycles. The van der Waals surface area contributed by atoms with E-state index in [1.54, 1.807) is 0 Å². The van der Waals surface area contributed by atoms with Gasteiger partial charge in [0.25, 0.3) is 5.91 Å². The van der Waals surface area contributed by atoms with Crippen molar-refractivity contribution in [1.29, 1.82) is 0 Å². The minimum absolute atomic E-state index is 0.209. The Bertz CT molecular complexity index is 501. The van der Waals surface area contributed by atoms with Gasteiger partial charge in [-0.2, -0.15) is 0 Å². The highest BCUT2D eigenvalue weighted by atomic mass is 19.2. The number of ether oxygens (including phenoxy) is 1. The van der Waals surface area contributed by atoms with Gasteiger partial charge in [-0.3, -0.25) is 4.79 Å². The maximum absolute atomic E-state index is 13.1. The van der Waals surface area contributed by atoms with E-state index < -0.39 is 29.4 Å². The number of methoxy groups -OCH3 is 1. The highest BCUT2D eigenvalue weighted by molar-refractivity contribution is 5.94. The van der Waals surface area contributed by atoms with E-state index in [9.17, 15) is 23.1 Å². The van der Waals surface area contributed by atoms with Gasteiger partial charge in [0.15, 0.2) is 17.5 Å². The zero-order valence-electron chi connectivity index (χ0n) is 10.8. The third-order valence-corrected chi connectivity index (χ3v) is 3.41. The van der Waals surface area contributed by atoms with Gasteiger partial charge in [0.2, 0.25) is 0 Å². The summed E-state index contributed by atoms with van der Waals surface area (Å²) in [5, 5.41) is 9.24. The highest BCUT2D eigenvalue weighted by Crippen LogP contribution is 2.23. The summed E-state index contributed by atoms with van der Waals surface area (Å²) in [5.74, 6) is -5.12. The minimum atomic E-state index is -1.61. The third kappa shape index (κ3) is 2.64. The van der Waals surface area contributed by atoms with Gasteiger partial charge in [0.05, 0.1) is 18.8 Å². The minimum Gasteiger partial charge on any atom is -0.394 e. The first-order valence-electron chi connectivity index (χ1n) is 6.07. The van der Waals surface area contributed by atoms with Crippen LogP contribution in [-0.2, 0) is 4.74 Å². The molecule has 2 atom stereocenters. The molecule has 7 heteroatoms. The number of aliphatic hydroxyl groups excluding tert-OH is 1. The smallest absolute Gasteiger partial charge is 0.254 e. The molecule has 1 heterocycles. The Morgan fingerprint density at radius 1 is 1.40 bits per heavy atom. The first-order valence-corrected chi connectivity index (χ1v) is 6.07. The van der Waals surface area contributed by atoms with E-state index in [1.165, 1.54) is 12.0 Å². The van der Waals surface area contributed by atoms with Crippen LogP contribution in [0.5, 0.6) is 0 Å². The van der Waals surface area contributed by atoms with Crippen LogP contribution in [0.15, 0.2) is 12.1 Å². The van der Waals surface area contributed by atoms with Crippen LogP contribution in [0.4, 0.5) is 13.2 Å². The van der Waals surface area contributed by atoms with Crippen LogP contribution in [0.2, 0.25) is 0 Å². The van der Waals surface area contributed by atoms with Crippen molar-refractivity contribution < 1.29 is 27.8 Å². The van der Waals surface area contributed by atoms with Crippen LogP contribution in [0, 0.1) is 17.5 Å². The average molecular weight is 289 g/mol. The van der Waals surface area contributed by atoms with Crippen LogP contribution in [0.1, 0.15) is 16.8 Å². The Labute approximate surface area is 113 Å². The lowest BCUT2D eigenvalue weighted by atomic mass is 10.1. The number of rotatable bonds is 3. The summed E-state index contributed by atoms with van der Waals surface area (Å²) in [4.78, 5) is 13.5. The molecule has 0 saturated carbocycles. The number of carbonyl (C=O) groups is 1. The van der Waals surface area contributed by atoms with Crippen LogP contribution in [0.25, 0.3) is 0 Å². The number of benzene rings is 1. The Hall–Kier alpha value is -1.60. The van der Waals surface area contributed by atoms with Crippen molar-refractivity contribution >= 4 is 5.91 Å². The number of hydrogen-bond acceptors (Lipinski definition) is 3. The molecule has 0 aromatic heterocycles. The summed E-state index contributed by atoms with van der Waals surface area (Å²) in [6.07, 6.45) is 0.191. The summed E-state index contributed by atoms with van der Waals surface area (Å²) >= 11 is 0. The maximum Gasteiger partial charge on any atom is 0.254 e. The lowest BCUT2D eigenvalue weighted by Gasteiger charge is -2.22. The van der Waals surface area contributed by atoms with E-state index in [0.717, 1.165) is 0 Å². The zero-order valence-corrected chi connectivity index (χ0v) is 10.8. The zero-order chi connectivity index (χ0) is 14.9. The Kier molecular flexibility index (Phi) is 4.29. The molecule has 0 spiro atoms. The van der Waals surface area contributed by atoms with E-state index >= 15 is 0 Å². The molecule has 1 amide bonds. The summed E-state index contributed by atoms with van der Waals surface area (Å²) < 4.78 is 44.3. The number of nitrogens with zero attached hydrogens (tertiary/aromatic N) is 1. The molecule has 110 valence electrons. The third-order valence-electron chi connectivity index (χ3n) is 3.41. The molecule has 1 aliphatic rings.